The van der Waals surface area contributed by atoms with Crippen molar-refractivity contribution in [1.82, 2.24) is 25.3 Å². The van der Waals surface area contributed by atoms with Crippen LogP contribution in [-0.2, 0) is 6.61 Å². The highest BCUT2D eigenvalue weighted by Gasteiger charge is 2.35. The molecule has 2 N–H and O–H groups in total. The summed E-state index contributed by atoms with van der Waals surface area (Å²) in [6.45, 7) is 1.71. The van der Waals surface area contributed by atoms with Gasteiger partial charge in [-0.2, -0.15) is 5.10 Å². The molecule has 0 unspecified atom stereocenters. The van der Waals surface area contributed by atoms with Gasteiger partial charge in [-0.3, -0.25) is 14.4 Å². The molecule has 1 aromatic heterocycles. The van der Waals surface area contributed by atoms with E-state index < -0.39 is 0 Å². The van der Waals surface area contributed by atoms with Crippen molar-refractivity contribution in [2.24, 2.45) is 0 Å². The molecule has 3 aromatic rings. The van der Waals surface area contributed by atoms with E-state index in [0.29, 0.717) is 35.0 Å². The molecule has 0 radical (unpaired) electrons. The SMILES string of the molecule is CN1C[C@H](c2n[nH]c(=O)s2)[C@H](NC(=O)c2ccc(OCc3cccc(C(=O)N(C)C)c3)cc2)C1. The smallest absolute Gasteiger partial charge is 0.322 e. The average molecular weight is 482 g/mol. The zero-order valence-electron chi connectivity index (χ0n) is 19.3. The highest BCUT2D eigenvalue weighted by Crippen LogP contribution is 2.27. The van der Waals surface area contributed by atoms with Gasteiger partial charge in [0.1, 0.15) is 17.4 Å². The summed E-state index contributed by atoms with van der Waals surface area (Å²) < 4.78 is 5.84. The van der Waals surface area contributed by atoms with Crippen LogP contribution < -0.4 is 14.9 Å². The topological polar surface area (TPSA) is 108 Å². The summed E-state index contributed by atoms with van der Waals surface area (Å²) in [4.78, 5) is 39.9. The van der Waals surface area contributed by atoms with Gasteiger partial charge < -0.3 is 19.9 Å². The van der Waals surface area contributed by atoms with Gasteiger partial charge in [0.2, 0.25) is 0 Å². The molecule has 0 spiro atoms. The molecule has 4 rings (SSSR count). The van der Waals surface area contributed by atoms with E-state index in [1.165, 1.54) is 4.90 Å². The highest BCUT2D eigenvalue weighted by atomic mass is 32.1. The average Bonchev–Trinajstić information content (AvgIpc) is 3.42. The molecule has 10 heteroatoms. The van der Waals surface area contributed by atoms with Crippen LogP contribution in [0.25, 0.3) is 0 Å². The molecule has 178 valence electrons. The van der Waals surface area contributed by atoms with Crippen LogP contribution in [0.4, 0.5) is 0 Å². The molecule has 2 amide bonds. The molecule has 1 saturated heterocycles. The predicted octanol–water partition coefficient (Wildman–Crippen LogP) is 1.94. The lowest BCUT2D eigenvalue weighted by molar-refractivity contribution is 0.0827. The fourth-order valence-electron chi connectivity index (χ4n) is 3.97. The Balaban J connectivity index is 1.36. The number of likely N-dealkylation sites (tertiary alicyclic amines) is 1. The molecule has 2 atom stereocenters. The Hall–Kier alpha value is -3.50. The minimum absolute atomic E-state index is 0.0318. The van der Waals surface area contributed by atoms with Crippen molar-refractivity contribution in [1.29, 1.82) is 0 Å². The van der Waals surface area contributed by atoms with Crippen LogP contribution in [0.3, 0.4) is 0 Å². The maximum atomic E-state index is 12.8. The molecule has 34 heavy (non-hydrogen) atoms. The molecule has 0 bridgehead atoms. The Morgan fingerprint density at radius 3 is 2.62 bits per heavy atom. The van der Waals surface area contributed by atoms with Crippen LogP contribution >= 0.6 is 11.3 Å². The normalized spacial score (nSPS) is 18.0. The quantitative estimate of drug-likeness (QED) is 0.534. The lowest BCUT2D eigenvalue weighted by Crippen LogP contribution is -2.39. The van der Waals surface area contributed by atoms with Crippen LogP contribution in [0.5, 0.6) is 5.75 Å². The number of hydrogen-bond acceptors (Lipinski definition) is 7. The zero-order valence-corrected chi connectivity index (χ0v) is 20.1. The third-order valence-corrected chi connectivity index (χ3v) is 6.57. The summed E-state index contributed by atoms with van der Waals surface area (Å²) in [6.07, 6.45) is 0. The molecular weight excluding hydrogens is 454 g/mol. The maximum absolute atomic E-state index is 12.8. The Bertz CT molecular complexity index is 1220. The Morgan fingerprint density at radius 2 is 1.94 bits per heavy atom. The Kier molecular flexibility index (Phi) is 7.09. The molecular formula is C24H27N5O4S. The number of H-pyrrole nitrogens is 1. The summed E-state index contributed by atoms with van der Waals surface area (Å²) in [5.74, 6) is 0.348. The van der Waals surface area contributed by atoms with Gasteiger partial charge in [0.25, 0.3) is 11.8 Å². The number of aromatic nitrogens is 2. The van der Waals surface area contributed by atoms with Crippen LogP contribution in [0, 0.1) is 0 Å². The lowest BCUT2D eigenvalue weighted by atomic mass is 10.0. The Morgan fingerprint density at radius 1 is 1.18 bits per heavy atom. The minimum atomic E-state index is -0.193. The van der Waals surface area contributed by atoms with E-state index in [1.54, 1.807) is 44.4 Å². The number of likely N-dealkylation sites (N-methyl/N-ethyl adjacent to an activating group) is 1. The zero-order chi connectivity index (χ0) is 24.2. The fourth-order valence-corrected chi connectivity index (χ4v) is 4.73. The first-order chi connectivity index (χ1) is 16.3. The van der Waals surface area contributed by atoms with Gasteiger partial charge in [0, 0.05) is 44.2 Å². The minimum Gasteiger partial charge on any atom is -0.489 e. The van der Waals surface area contributed by atoms with E-state index in [-0.39, 0.29) is 28.6 Å². The standard InChI is InChI=1S/C24H27N5O4S/c1-28(2)23(31)17-6-4-5-15(11-17)14-33-18-9-7-16(8-10-18)21(30)25-20-13-29(3)12-19(20)22-26-27-24(32)34-22/h4-11,19-20H,12-14H2,1-3H3,(H,25,30)(H,27,32)/t19-,20+/m0/s1. The number of amides is 2. The monoisotopic (exact) mass is 481 g/mol. The summed E-state index contributed by atoms with van der Waals surface area (Å²) in [7, 11) is 5.41. The summed E-state index contributed by atoms with van der Waals surface area (Å²) >= 11 is 1.09. The van der Waals surface area contributed by atoms with Gasteiger partial charge in [-0.25, -0.2) is 5.10 Å². The number of ether oxygens (including phenoxy) is 1. The van der Waals surface area contributed by atoms with E-state index in [2.05, 4.69) is 20.4 Å². The second-order valence-electron chi connectivity index (χ2n) is 8.57. The van der Waals surface area contributed by atoms with Crippen molar-refractivity contribution < 1.29 is 14.3 Å². The number of aromatic amines is 1. The molecule has 2 heterocycles. The van der Waals surface area contributed by atoms with Crippen molar-refractivity contribution in [2.45, 2.75) is 18.6 Å². The molecule has 2 aromatic carbocycles. The summed E-state index contributed by atoms with van der Waals surface area (Å²) in [5.41, 5.74) is 2.01. The van der Waals surface area contributed by atoms with E-state index >= 15 is 0 Å². The van der Waals surface area contributed by atoms with Gasteiger partial charge in [-0.1, -0.05) is 23.5 Å². The number of rotatable bonds is 7. The summed E-state index contributed by atoms with van der Waals surface area (Å²) in [5, 5.41) is 10.4. The third kappa shape index (κ3) is 5.52. The van der Waals surface area contributed by atoms with E-state index in [4.69, 9.17) is 4.74 Å². The number of nitrogens with zero attached hydrogens (tertiary/aromatic N) is 3. The van der Waals surface area contributed by atoms with Crippen LogP contribution in [0.2, 0.25) is 0 Å². The van der Waals surface area contributed by atoms with Gasteiger partial charge in [-0.05, 0) is 49.0 Å². The van der Waals surface area contributed by atoms with Gasteiger partial charge in [-0.15, -0.1) is 0 Å². The Labute approximate surface area is 201 Å². The van der Waals surface area contributed by atoms with E-state index in [1.807, 2.05) is 25.2 Å². The molecule has 0 aliphatic carbocycles. The van der Waals surface area contributed by atoms with Crippen molar-refractivity contribution in [2.75, 3.05) is 34.2 Å². The lowest BCUT2D eigenvalue weighted by Gasteiger charge is -2.18. The van der Waals surface area contributed by atoms with E-state index in [9.17, 15) is 14.4 Å². The van der Waals surface area contributed by atoms with Crippen molar-refractivity contribution in [3.05, 3.63) is 79.9 Å². The fraction of sp³-hybridized carbons (Fsp3) is 0.333. The number of benzene rings is 2. The molecule has 9 nitrogen and oxygen atoms in total. The van der Waals surface area contributed by atoms with Gasteiger partial charge in [0.05, 0.1) is 6.04 Å². The number of carbonyl (C=O) groups excluding carboxylic acids is 2. The van der Waals surface area contributed by atoms with Crippen molar-refractivity contribution in [3.8, 4) is 5.75 Å². The second-order valence-corrected chi connectivity index (χ2v) is 9.57. The van der Waals surface area contributed by atoms with Crippen LogP contribution in [-0.4, -0.2) is 72.1 Å². The van der Waals surface area contributed by atoms with Crippen LogP contribution in [0.15, 0.2) is 53.3 Å². The number of carbonyl (C=O) groups is 2. The molecule has 1 aliphatic heterocycles. The summed E-state index contributed by atoms with van der Waals surface area (Å²) in [6, 6.07) is 14.1. The first-order valence-electron chi connectivity index (χ1n) is 10.9. The van der Waals surface area contributed by atoms with Gasteiger partial charge >= 0.3 is 4.87 Å². The van der Waals surface area contributed by atoms with Crippen molar-refractivity contribution >= 4 is 23.2 Å². The molecule has 1 fully saturated rings. The van der Waals surface area contributed by atoms with E-state index in [0.717, 1.165) is 23.4 Å². The predicted molar refractivity (Wildman–Crippen MR) is 129 cm³/mol. The van der Waals surface area contributed by atoms with Crippen LogP contribution in [0.1, 0.15) is 37.2 Å². The largest absolute Gasteiger partial charge is 0.489 e. The first kappa shape index (κ1) is 23.7. The second kappa shape index (κ2) is 10.2. The van der Waals surface area contributed by atoms with Gasteiger partial charge in [0.15, 0.2) is 0 Å². The number of nitrogens with one attached hydrogen (secondary N) is 2. The number of hydrogen-bond donors (Lipinski definition) is 2. The highest BCUT2D eigenvalue weighted by molar-refractivity contribution is 7.08. The van der Waals surface area contributed by atoms with Crippen molar-refractivity contribution in [3.63, 3.8) is 0 Å². The third-order valence-electron chi connectivity index (χ3n) is 5.69. The molecule has 1 aliphatic rings. The molecule has 0 saturated carbocycles. The first-order valence-corrected chi connectivity index (χ1v) is 11.7. The maximum Gasteiger partial charge on any atom is 0.322 e.